The lowest BCUT2D eigenvalue weighted by Crippen LogP contribution is -2.07. The Morgan fingerprint density at radius 3 is 2.91 bits per heavy atom. The quantitative estimate of drug-likeness (QED) is 0.595. The van der Waals surface area contributed by atoms with Crippen LogP contribution in [0.25, 0.3) is 6.08 Å². The van der Waals surface area contributed by atoms with Crippen LogP contribution in [0.3, 0.4) is 0 Å². The summed E-state index contributed by atoms with van der Waals surface area (Å²) < 4.78 is 0. The Morgan fingerprint density at radius 2 is 2.14 bits per heavy atom. The minimum Gasteiger partial charge on any atom is -0.297 e. The first-order chi connectivity index (χ1) is 10.7. The number of nitrogens with zero attached hydrogens (tertiary/aromatic N) is 2. The molecule has 1 N–H and O–H groups in total. The Labute approximate surface area is 139 Å². The van der Waals surface area contributed by atoms with Crippen LogP contribution in [-0.4, -0.2) is 16.1 Å². The summed E-state index contributed by atoms with van der Waals surface area (Å²) in [6, 6.07) is 7.35. The van der Waals surface area contributed by atoms with Gasteiger partial charge in [0.1, 0.15) is 5.01 Å². The van der Waals surface area contributed by atoms with Gasteiger partial charge in [0.25, 0.3) is 0 Å². The topological polar surface area (TPSA) is 54.9 Å². The van der Waals surface area contributed by atoms with Crippen LogP contribution in [0.1, 0.15) is 36.8 Å². The summed E-state index contributed by atoms with van der Waals surface area (Å²) >= 11 is 7.45. The molecule has 0 aliphatic heterocycles. The van der Waals surface area contributed by atoms with Gasteiger partial charge in [-0.2, -0.15) is 0 Å². The summed E-state index contributed by atoms with van der Waals surface area (Å²) in [7, 11) is 0. The van der Waals surface area contributed by atoms with Crippen LogP contribution in [0.5, 0.6) is 0 Å². The monoisotopic (exact) mass is 335 g/mol. The smallest absolute Gasteiger partial charge is 0.250 e. The number of amides is 1. The highest BCUT2D eigenvalue weighted by atomic mass is 35.5. The summed E-state index contributed by atoms with van der Waals surface area (Å²) in [4.78, 5) is 11.9. The van der Waals surface area contributed by atoms with Crippen molar-refractivity contribution < 1.29 is 4.79 Å². The number of aryl methyl sites for hydroxylation is 1. The second kappa shape index (κ2) is 8.66. The average molecular weight is 336 g/mol. The highest BCUT2D eigenvalue weighted by Gasteiger charge is 2.06. The summed E-state index contributed by atoms with van der Waals surface area (Å²) in [5.41, 5.74) is 0.803. The Balaban J connectivity index is 1.88. The van der Waals surface area contributed by atoms with Crippen molar-refractivity contribution in [2.75, 3.05) is 5.32 Å². The maximum Gasteiger partial charge on any atom is 0.250 e. The van der Waals surface area contributed by atoms with Gasteiger partial charge >= 0.3 is 0 Å². The van der Waals surface area contributed by atoms with Gasteiger partial charge in [0.2, 0.25) is 11.0 Å². The van der Waals surface area contributed by atoms with Gasteiger partial charge in [0.05, 0.1) is 0 Å². The van der Waals surface area contributed by atoms with Gasteiger partial charge < -0.3 is 0 Å². The Bertz CT molecular complexity index is 654. The molecule has 0 atom stereocenters. The molecule has 1 aromatic heterocycles. The van der Waals surface area contributed by atoms with Gasteiger partial charge in [-0.15, -0.1) is 10.2 Å². The predicted octanol–water partition coefficient (Wildman–Crippen LogP) is 4.58. The summed E-state index contributed by atoms with van der Waals surface area (Å²) in [6.07, 6.45) is 7.50. The van der Waals surface area contributed by atoms with Crippen molar-refractivity contribution in [2.45, 2.75) is 32.6 Å². The molecule has 2 aromatic rings. The van der Waals surface area contributed by atoms with Gasteiger partial charge in [0.15, 0.2) is 0 Å². The van der Waals surface area contributed by atoms with E-state index in [4.69, 9.17) is 11.6 Å². The van der Waals surface area contributed by atoms with E-state index in [-0.39, 0.29) is 5.91 Å². The third-order valence-corrected chi connectivity index (χ3v) is 4.25. The fraction of sp³-hybridized carbons (Fsp3) is 0.312. The van der Waals surface area contributed by atoms with Crippen molar-refractivity contribution in [3.63, 3.8) is 0 Å². The van der Waals surface area contributed by atoms with Crippen molar-refractivity contribution in [1.82, 2.24) is 10.2 Å². The molecule has 1 aromatic carbocycles. The van der Waals surface area contributed by atoms with Crippen LogP contribution in [-0.2, 0) is 11.2 Å². The molecular formula is C16H18ClN3OS. The Hall–Kier alpha value is -1.72. The van der Waals surface area contributed by atoms with E-state index in [1.165, 1.54) is 30.3 Å². The number of carbonyl (C=O) groups is 1. The molecule has 22 heavy (non-hydrogen) atoms. The number of carbonyl (C=O) groups excluding carboxylic acids is 1. The van der Waals surface area contributed by atoms with Crippen LogP contribution in [0.15, 0.2) is 30.3 Å². The van der Waals surface area contributed by atoms with E-state index in [1.807, 2.05) is 18.2 Å². The highest BCUT2D eigenvalue weighted by Crippen LogP contribution is 2.18. The molecule has 0 bridgehead atoms. The molecule has 0 aliphatic rings. The van der Waals surface area contributed by atoms with Gasteiger partial charge in [-0.05, 0) is 24.1 Å². The lowest BCUT2D eigenvalue weighted by molar-refractivity contribution is -0.111. The molecular weight excluding hydrogens is 318 g/mol. The lowest BCUT2D eigenvalue weighted by atomic mass is 10.2. The zero-order valence-electron chi connectivity index (χ0n) is 12.4. The molecule has 116 valence electrons. The second-order valence-electron chi connectivity index (χ2n) is 4.80. The van der Waals surface area contributed by atoms with Crippen LogP contribution in [0.4, 0.5) is 5.13 Å². The van der Waals surface area contributed by atoms with E-state index in [0.717, 1.165) is 23.4 Å². The summed E-state index contributed by atoms with van der Waals surface area (Å²) in [5, 5.41) is 12.9. The molecule has 1 amide bonds. The number of halogens is 1. The van der Waals surface area contributed by atoms with Crippen molar-refractivity contribution in [3.05, 3.63) is 45.9 Å². The van der Waals surface area contributed by atoms with Crippen LogP contribution in [0.2, 0.25) is 5.02 Å². The molecule has 0 spiro atoms. The van der Waals surface area contributed by atoms with E-state index in [1.54, 1.807) is 12.1 Å². The first kappa shape index (κ1) is 16.6. The number of benzene rings is 1. The van der Waals surface area contributed by atoms with Crippen LogP contribution < -0.4 is 5.32 Å². The second-order valence-corrected chi connectivity index (χ2v) is 6.27. The van der Waals surface area contributed by atoms with E-state index >= 15 is 0 Å². The SMILES string of the molecule is CCCCCc1nnc(NC(=O)C=Cc2ccccc2Cl)s1. The summed E-state index contributed by atoms with van der Waals surface area (Å²) in [5.74, 6) is -0.240. The number of unbranched alkanes of at least 4 members (excludes halogenated alkanes) is 2. The number of hydrogen-bond donors (Lipinski definition) is 1. The van der Waals surface area contributed by atoms with Crippen molar-refractivity contribution in [1.29, 1.82) is 0 Å². The fourth-order valence-electron chi connectivity index (χ4n) is 1.85. The maximum absolute atomic E-state index is 11.9. The Kier molecular flexibility index (Phi) is 6.55. The largest absolute Gasteiger partial charge is 0.297 e. The molecule has 0 aliphatic carbocycles. The highest BCUT2D eigenvalue weighted by molar-refractivity contribution is 7.15. The van der Waals surface area contributed by atoms with E-state index < -0.39 is 0 Å². The van der Waals surface area contributed by atoms with E-state index in [2.05, 4.69) is 22.4 Å². The summed E-state index contributed by atoms with van der Waals surface area (Å²) in [6.45, 7) is 2.16. The van der Waals surface area contributed by atoms with E-state index in [9.17, 15) is 4.79 Å². The standard InChI is InChI=1S/C16H18ClN3OS/c1-2-3-4-9-15-19-20-16(22-15)18-14(21)11-10-12-7-5-6-8-13(12)17/h5-8,10-11H,2-4,9H2,1H3,(H,18,20,21). The molecule has 1 heterocycles. The maximum atomic E-state index is 11.9. The third-order valence-electron chi connectivity index (χ3n) is 3.01. The molecule has 2 rings (SSSR count). The zero-order chi connectivity index (χ0) is 15.8. The van der Waals surface area contributed by atoms with Crippen molar-refractivity contribution in [2.24, 2.45) is 0 Å². The number of aromatic nitrogens is 2. The molecule has 0 fully saturated rings. The molecule has 6 heteroatoms. The minimum absolute atomic E-state index is 0.240. The number of rotatable bonds is 7. The third kappa shape index (κ3) is 5.24. The lowest BCUT2D eigenvalue weighted by Gasteiger charge is -1.97. The number of nitrogens with one attached hydrogen (secondary N) is 1. The molecule has 0 radical (unpaired) electrons. The first-order valence-corrected chi connectivity index (χ1v) is 8.44. The molecule has 0 saturated heterocycles. The minimum atomic E-state index is -0.240. The van der Waals surface area contributed by atoms with E-state index in [0.29, 0.717) is 10.2 Å². The Morgan fingerprint density at radius 1 is 1.32 bits per heavy atom. The first-order valence-electron chi connectivity index (χ1n) is 7.25. The van der Waals surface area contributed by atoms with Gasteiger partial charge in [-0.25, -0.2) is 0 Å². The van der Waals surface area contributed by atoms with Crippen LogP contribution >= 0.6 is 22.9 Å². The normalized spacial score (nSPS) is 11.0. The molecule has 4 nitrogen and oxygen atoms in total. The van der Waals surface area contributed by atoms with Gasteiger partial charge in [0, 0.05) is 17.5 Å². The fourth-order valence-corrected chi connectivity index (χ4v) is 2.84. The molecule has 0 saturated carbocycles. The average Bonchev–Trinajstić information content (AvgIpc) is 2.94. The van der Waals surface area contributed by atoms with Crippen molar-refractivity contribution >= 4 is 40.1 Å². The number of hydrogen-bond acceptors (Lipinski definition) is 4. The molecule has 0 unspecified atom stereocenters. The van der Waals surface area contributed by atoms with Crippen LogP contribution in [0, 0.1) is 0 Å². The van der Waals surface area contributed by atoms with Gasteiger partial charge in [-0.1, -0.05) is 60.9 Å². The number of anilines is 1. The van der Waals surface area contributed by atoms with Gasteiger partial charge in [-0.3, -0.25) is 10.1 Å². The zero-order valence-corrected chi connectivity index (χ0v) is 14.0. The predicted molar refractivity (Wildman–Crippen MR) is 92.3 cm³/mol. The van der Waals surface area contributed by atoms with Crippen molar-refractivity contribution in [3.8, 4) is 0 Å².